The first-order chi connectivity index (χ1) is 8.43. The van der Waals surface area contributed by atoms with E-state index in [0.29, 0.717) is 0 Å². The molecule has 0 aromatic rings. The molecule has 1 saturated heterocycles. The Labute approximate surface area is 111 Å². The molecule has 4 heteroatoms. The summed E-state index contributed by atoms with van der Waals surface area (Å²) in [5.74, 6) is 0.179. The van der Waals surface area contributed by atoms with Gasteiger partial charge in [0.1, 0.15) is 0 Å². The van der Waals surface area contributed by atoms with Gasteiger partial charge in [0.15, 0.2) is 0 Å². The van der Waals surface area contributed by atoms with Crippen molar-refractivity contribution in [2.24, 2.45) is 0 Å². The SMILES string of the molecule is CC(C)N(C(=O)[C@@H](C)NC[C@H]1CCCO1)C(C)C. The zero-order valence-corrected chi connectivity index (χ0v) is 12.4. The van der Waals surface area contributed by atoms with Crippen molar-refractivity contribution < 1.29 is 9.53 Å². The van der Waals surface area contributed by atoms with E-state index in [0.717, 1.165) is 26.0 Å². The summed E-state index contributed by atoms with van der Waals surface area (Å²) in [4.78, 5) is 14.3. The molecule has 106 valence electrons. The molecule has 0 bridgehead atoms. The van der Waals surface area contributed by atoms with Crippen LogP contribution in [0.1, 0.15) is 47.5 Å². The second-order valence-electron chi connectivity index (χ2n) is 5.70. The topological polar surface area (TPSA) is 41.6 Å². The molecule has 1 fully saturated rings. The van der Waals surface area contributed by atoms with Crippen LogP contribution in [0, 0.1) is 0 Å². The van der Waals surface area contributed by atoms with Crippen molar-refractivity contribution in [2.75, 3.05) is 13.2 Å². The molecule has 1 heterocycles. The van der Waals surface area contributed by atoms with E-state index in [1.165, 1.54) is 0 Å². The summed E-state index contributed by atoms with van der Waals surface area (Å²) in [5.41, 5.74) is 0. The van der Waals surface area contributed by atoms with E-state index < -0.39 is 0 Å². The Morgan fingerprint density at radius 2 is 1.89 bits per heavy atom. The van der Waals surface area contributed by atoms with Gasteiger partial charge in [-0.15, -0.1) is 0 Å². The van der Waals surface area contributed by atoms with Gasteiger partial charge in [-0.05, 0) is 47.5 Å². The van der Waals surface area contributed by atoms with Crippen LogP contribution in [-0.2, 0) is 9.53 Å². The lowest BCUT2D eigenvalue weighted by molar-refractivity contribution is -0.136. The minimum atomic E-state index is -0.140. The molecule has 1 aliphatic rings. The highest BCUT2D eigenvalue weighted by molar-refractivity contribution is 5.82. The summed E-state index contributed by atoms with van der Waals surface area (Å²) in [6, 6.07) is 0.341. The summed E-state index contributed by atoms with van der Waals surface area (Å²) >= 11 is 0. The van der Waals surface area contributed by atoms with E-state index in [-0.39, 0.29) is 30.1 Å². The van der Waals surface area contributed by atoms with Crippen molar-refractivity contribution in [3.63, 3.8) is 0 Å². The van der Waals surface area contributed by atoms with Gasteiger partial charge in [0.25, 0.3) is 0 Å². The van der Waals surface area contributed by atoms with E-state index >= 15 is 0 Å². The third kappa shape index (κ3) is 4.25. The first-order valence-electron chi connectivity index (χ1n) is 7.10. The number of hydrogen-bond donors (Lipinski definition) is 1. The molecule has 1 N–H and O–H groups in total. The van der Waals surface area contributed by atoms with Crippen LogP contribution in [0.15, 0.2) is 0 Å². The van der Waals surface area contributed by atoms with Crippen LogP contribution in [0.4, 0.5) is 0 Å². The zero-order valence-electron chi connectivity index (χ0n) is 12.4. The van der Waals surface area contributed by atoms with Crippen LogP contribution < -0.4 is 5.32 Å². The maximum Gasteiger partial charge on any atom is 0.239 e. The number of amides is 1. The lowest BCUT2D eigenvalue weighted by Crippen LogP contribution is -2.51. The fraction of sp³-hybridized carbons (Fsp3) is 0.929. The molecule has 0 spiro atoms. The maximum absolute atomic E-state index is 12.4. The van der Waals surface area contributed by atoms with E-state index in [4.69, 9.17) is 4.74 Å². The first kappa shape index (κ1) is 15.4. The van der Waals surface area contributed by atoms with Gasteiger partial charge in [0, 0.05) is 25.2 Å². The molecule has 0 saturated carbocycles. The zero-order chi connectivity index (χ0) is 13.7. The van der Waals surface area contributed by atoms with Gasteiger partial charge in [-0.1, -0.05) is 0 Å². The van der Waals surface area contributed by atoms with Gasteiger partial charge in [-0.25, -0.2) is 0 Å². The molecule has 0 aliphatic carbocycles. The molecule has 0 aromatic heterocycles. The van der Waals surface area contributed by atoms with E-state index in [2.05, 4.69) is 33.0 Å². The Balaban J connectivity index is 2.43. The van der Waals surface area contributed by atoms with E-state index in [1.807, 2.05) is 11.8 Å². The Kier molecular flexibility index (Phi) is 6.09. The molecule has 2 atom stereocenters. The summed E-state index contributed by atoms with van der Waals surface area (Å²) < 4.78 is 5.55. The number of nitrogens with one attached hydrogen (secondary N) is 1. The predicted molar refractivity (Wildman–Crippen MR) is 73.6 cm³/mol. The van der Waals surface area contributed by atoms with Crippen LogP contribution >= 0.6 is 0 Å². The van der Waals surface area contributed by atoms with Gasteiger partial charge < -0.3 is 15.0 Å². The van der Waals surface area contributed by atoms with Crippen molar-refractivity contribution >= 4 is 5.91 Å². The first-order valence-corrected chi connectivity index (χ1v) is 7.10. The molecular weight excluding hydrogens is 228 g/mol. The van der Waals surface area contributed by atoms with Crippen LogP contribution in [-0.4, -0.2) is 48.2 Å². The Hall–Kier alpha value is -0.610. The largest absolute Gasteiger partial charge is 0.377 e. The highest BCUT2D eigenvalue weighted by Gasteiger charge is 2.25. The van der Waals surface area contributed by atoms with Gasteiger partial charge in [-0.3, -0.25) is 4.79 Å². The van der Waals surface area contributed by atoms with Gasteiger partial charge in [-0.2, -0.15) is 0 Å². The van der Waals surface area contributed by atoms with Crippen LogP contribution in [0.2, 0.25) is 0 Å². The molecular formula is C14H28N2O2. The summed E-state index contributed by atoms with van der Waals surface area (Å²) in [6.07, 6.45) is 2.52. The molecule has 1 aliphatic heterocycles. The second-order valence-corrected chi connectivity index (χ2v) is 5.70. The highest BCUT2D eigenvalue weighted by atomic mass is 16.5. The highest BCUT2D eigenvalue weighted by Crippen LogP contribution is 2.12. The number of hydrogen-bond acceptors (Lipinski definition) is 3. The fourth-order valence-electron chi connectivity index (χ4n) is 2.53. The van der Waals surface area contributed by atoms with Crippen molar-refractivity contribution in [3.8, 4) is 0 Å². The molecule has 18 heavy (non-hydrogen) atoms. The molecule has 0 unspecified atom stereocenters. The van der Waals surface area contributed by atoms with Crippen LogP contribution in [0.25, 0.3) is 0 Å². The second kappa shape index (κ2) is 7.10. The molecule has 0 aromatic carbocycles. The number of carbonyl (C=O) groups excluding carboxylic acids is 1. The van der Waals surface area contributed by atoms with Gasteiger partial charge in [0.05, 0.1) is 12.1 Å². The predicted octanol–water partition coefficient (Wildman–Crippen LogP) is 1.79. The van der Waals surface area contributed by atoms with Crippen molar-refractivity contribution in [1.82, 2.24) is 10.2 Å². The Morgan fingerprint density at radius 3 is 2.33 bits per heavy atom. The number of rotatable bonds is 6. The van der Waals surface area contributed by atoms with E-state index in [9.17, 15) is 4.79 Å². The average molecular weight is 256 g/mol. The van der Waals surface area contributed by atoms with Gasteiger partial charge >= 0.3 is 0 Å². The number of ether oxygens (including phenoxy) is 1. The molecule has 1 amide bonds. The monoisotopic (exact) mass is 256 g/mol. The summed E-state index contributed by atoms with van der Waals surface area (Å²) in [5, 5.41) is 3.30. The smallest absolute Gasteiger partial charge is 0.239 e. The quantitative estimate of drug-likeness (QED) is 0.788. The van der Waals surface area contributed by atoms with Crippen molar-refractivity contribution in [3.05, 3.63) is 0 Å². The maximum atomic E-state index is 12.4. The van der Waals surface area contributed by atoms with Crippen LogP contribution in [0.3, 0.4) is 0 Å². The normalized spacial score (nSPS) is 21.6. The Morgan fingerprint density at radius 1 is 1.28 bits per heavy atom. The molecule has 1 rings (SSSR count). The standard InChI is InChI=1S/C14H28N2O2/c1-10(2)16(11(3)4)14(17)12(5)15-9-13-7-6-8-18-13/h10-13,15H,6-9H2,1-5H3/t12-,13-/m1/s1. The van der Waals surface area contributed by atoms with Crippen LogP contribution in [0.5, 0.6) is 0 Å². The van der Waals surface area contributed by atoms with Crippen molar-refractivity contribution in [2.45, 2.75) is 71.7 Å². The minimum Gasteiger partial charge on any atom is -0.377 e. The molecule has 4 nitrogen and oxygen atoms in total. The van der Waals surface area contributed by atoms with Crippen molar-refractivity contribution in [1.29, 1.82) is 0 Å². The number of carbonyl (C=O) groups is 1. The fourth-order valence-corrected chi connectivity index (χ4v) is 2.53. The number of nitrogens with zero attached hydrogens (tertiary/aromatic N) is 1. The third-order valence-electron chi connectivity index (χ3n) is 3.41. The van der Waals surface area contributed by atoms with Gasteiger partial charge in [0.2, 0.25) is 5.91 Å². The lowest BCUT2D eigenvalue weighted by atomic mass is 10.1. The summed E-state index contributed by atoms with van der Waals surface area (Å²) in [7, 11) is 0. The lowest BCUT2D eigenvalue weighted by Gasteiger charge is -2.33. The van der Waals surface area contributed by atoms with E-state index in [1.54, 1.807) is 0 Å². The minimum absolute atomic E-state index is 0.140. The summed E-state index contributed by atoms with van der Waals surface area (Å²) in [6.45, 7) is 11.8. The average Bonchev–Trinajstić information content (AvgIpc) is 2.77. The molecule has 0 radical (unpaired) electrons. The third-order valence-corrected chi connectivity index (χ3v) is 3.41. The Bertz CT molecular complexity index is 253.